The molecular formula is C20H23ClN2O3. The fraction of sp³-hybridized carbons (Fsp3) is 0.350. The number of rotatable bonds is 7. The molecule has 1 aliphatic rings. The van der Waals surface area contributed by atoms with Gasteiger partial charge in [-0.05, 0) is 67.8 Å². The van der Waals surface area contributed by atoms with E-state index in [-0.39, 0.29) is 11.7 Å². The Hall–Kier alpha value is -2.24. The van der Waals surface area contributed by atoms with Crippen LogP contribution in [-0.2, 0) is 6.54 Å². The highest BCUT2D eigenvalue weighted by atomic mass is 35.5. The molecule has 0 saturated carbocycles. The number of amides is 1. The molecule has 5 nitrogen and oxygen atoms in total. The van der Waals surface area contributed by atoms with Gasteiger partial charge in [0.1, 0.15) is 11.5 Å². The molecule has 3 N–H and O–H groups in total. The zero-order valence-electron chi connectivity index (χ0n) is 14.5. The molecule has 1 atom stereocenters. The van der Waals surface area contributed by atoms with Crippen molar-refractivity contribution in [3.8, 4) is 11.5 Å². The Morgan fingerprint density at radius 1 is 1.27 bits per heavy atom. The summed E-state index contributed by atoms with van der Waals surface area (Å²) in [5.74, 6) is 0.682. The summed E-state index contributed by atoms with van der Waals surface area (Å²) in [4.78, 5) is 12.2. The maximum absolute atomic E-state index is 12.2. The molecule has 1 heterocycles. The van der Waals surface area contributed by atoms with E-state index < -0.39 is 0 Å². The predicted molar refractivity (Wildman–Crippen MR) is 102 cm³/mol. The monoisotopic (exact) mass is 374 g/mol. The number of aromatic hydroxyl groups is 1. The van der Waals surface area contributed by atoms with Crippen molar-refractivity contribution in [3.63, 3.8) is 0 Å². The lowest BCUT2D eigenvalue weighted by molar-refractivity contribution is 0.0951. The lowest BCUT2D eigenvalue weighted by Crippen LogP contribution is -2.23. The predicted octanol–water partition coefficient (Wildman–Crippen LogP) is 3.50. The number of phenols is 1. The van der Waals surface area contributed by atoms with Crippen LogP contribution in [0.2, 0.25) is 5.02 Å². The molecule has 1 fully saturated rings. The van der Waals surface area contributed by atoms with Crippen LogP contribution in [0.5, 0.6) is 11.5 Å². The minimum absolute atomic E-state index is 0.101. The summed E-state index contributed by atoms with van der Waals surface area (Å²) in [6.07, 6.45) is 3.45. The Labute approximate surface area is 158 Å². The van der Waals surface area contributed by atoms with E-state index in [1.54, 1.807) is 24.3 Å². The maximum Gasteiger partial charge on any atom is 0.251 e. The van der Waals surface area contributed by atoms with Crippen LogP contribution in [0.1, 0.15) is 35.2 Å². The van der Waals surface area contributed by atoms with Crippen LogP contribution in [0.3, 0.4) is 0 Å². The van der Waals surface area contributed by atoms with Crippen molar-refractivity contribution in [2.24, 2.45) is 0 Å². The minimum Gasteiger partial charge on any atom is -0.508 e. The number of carbonyl (C=O) groups is 1. The van der Waals surface area contributed by atoms with E-state index in [9.17, 15) is 9.90 Å². The largest absolute Gasteiger partial charge is 0.508 e. The summed E-state index contributed by atoms with van der Waals surface area (Å²) in [5.41, 5.74) is 1.31. The van der Waals surface area contributed by atoms with Crippen LogP contribution in [0, 0.1) is 0 Å². The molecule has 2 aromatic carbocycles. The standard InChI is InChI=1S/C20H23ClN2O3/c21-19-12-17(24)6-3-15(19)13-23-20(25)14-4-7-18(8-5-14)26-11-9-16-2-1-10-22-16/h3-8,12,16,22,24H,1-2,9-11,13H2,(H,23,25). The van der Waals surface area contributed by atoms with Crippen LogP contribution in [0.4, 0.5) is 0 Å². The molecule has 1 aliphatic heterocycles. The molecule has 0 aromatic heterocycles. The molecule has 26 heavy (non-hydrogen) atoms. The lowest BCUT2D eigenvalue weighted by Gasteiger charge is -2.12. The zero-order chi connectivity index (χ0) is 18.4. The number of nitrogens with one attached hydrogen (secondary N) is 2. The van der Waals surface area contributed by atoms with Crippen LogP contribution >= 0.6 is 11.6 Å². The molecule has 1 amide bonds. The van der Waals surface area contributed by atoms with E-state index in [0.29, 0.717) is 29.8 Å². The van der Waals surface area contributed by atoms with Crippen LogP contribution in [-0.4, -0.2) is 30.2 Å². The van der Waals surface area contributed by atoms with Crippen molar-refractivity contribution in [3.05, 3.63) is 58.6 Å². The van der Waals surface area contributed by atoms with Crippen molar-refractivity contribution in [2.75, 3.05) is 13.2 Å². The van der Waals surface area contributed by atoms with E-state index in [1.807, 2.05) is 12.1 Å². The van der Waals surface area contributed by atoms with Crippen molar-refractivity contribution >= 4 is 17.5 Å². The Morgan fingerprint density at radius 3 is 2.77 bits per heavy atom. The first-order chi connectivity index (χ1) is 12.6. The van der Waals surface area contributed by atoms with Gasteiger partial charge in [-0.1, -0.05) is 17.7 Å². The molecular weight excluding hydrogens is 352 g/mol. The number of carbonyl (C=O) groups excluding carboxylic acids is 1. The number of phenolic OH excluding ortho intramolecular Hbond substituents is 1. The van der Waals surface area contributed by atoms with Crippen molar-refractivity contribution in [1.29, 1.82) is 0 Å². The highest BCUT2D eigenvalue weighted by molar-refractivity contribution is 6.31. The lowest BCUT2D eigenvalue weighted by atomic mass is 10.1. The summed E-state index contributed by atoms with van der Waals surface area (Å²) in [7, 11) is 0. The van der Waals surface area contributed by atoms with E-state index in [4.69, 9.17) is 16.3 Å². The molecule has 3 rings (SSSR count). The summed E-state index contributed by atoms with van der Waals surface area (Å²) in [5, 5.41) is 16.0. The van der Waals surface area contributed by atoms with Gasteiger partial charge in [-0.15, -0.1) is 0 Å². The fourth-order valence-electron chi connectivity index (χ4n) is 2.98. The summed E-state index contributed by atoms with van der Waals surface area (Å²) in [6, 6.07) is 12.4. The second kappa shape index (κ2) is 8.92. The van der Waals surface area contributed by atoms with Crippen LogP contribution < -0.4 is 15.4 Å². The quantitative estimate of drug-likeness (QED) is 0.693. The van der Waals surface area contributed by atoms with Crippen molar-refractivity contribution in [1.82, 2.24) is 10.6 Å². The molecule has 1 saturated heterocycles. The van der Waals surface area contributed by atoms with Gasteiger partial charge in [0.15, 0.2) is 0 Å². The SMILES string of the molecule is O=C(NCc1ccc(O)cc1Cl)c1ccc(OCCC2CCCN2)cc1. The average molecular weight is 375 g/mol. The Balaban J connectivity index is 1.46. The molecule has 0 spiro atoms. The highest BCUT2D eigenvalue weighted by Crippen LogP contribution is 2.21. The summed E-state index contributed by atoms with van der Waals surface area (Å²) in [6.45, 7) is 2.07. The number of benzene rings is 2. The smallest absolute Gasteiger partial charge is 0.251 e. The Morgan fingerprint density at radius 2 is 2.08 bits per heavy atom. The van der Waals surface area contributed by atoms with Gasteiger partial charge in [-0.2, -0.15) is 0 Å². The van der Waals surface area contributed by atoms with Gasteiger partial charge in [-0.25, -0.2) is 0 Å². The third kappa shape index (κ3) is 5.13. The van der Waals surface area contributed by atoms with E-state index in [2.05, 4.69) is 10.6 Å². The Kier molecular flexibility index (Phi) is 6.36. The maximum atomic E-state index is 12.2. The zero-order valence-corrected chi connectivity index (χ0v) is 15.3. The van der Waals surface area contributed by atoms with Gasteiger partial charge in [0.2, 0.25) is 0 Å². The number of halogens is 1. The second-order valence-corrected chi connectivity index (χ2v) is 6.82. The highest BCUT2D eigenvalue weighted by Gasteiger charge is 2.13. The molecule has 138 valence electrons. The fourth-order valence-corrected chi connectivity index (χ4v) is 3.22. The normalized spacial score (nSPS) is 16.4. The second-order valence-electron chi connectivity index (χ2n) is 6.41. The number of hydrogen-bond donors (Lipinski definition) is 3. The summed E-state index contributed by atoms with van der Waals surface area (Å²) < 4.78 is 5.75. The van der Waals surface area contributed by atoms with Crippen LogP contribution in [0.15, 0.2) is 42.5 Å². The van der Waals surface area contributed by atoms with Gasteiger partial charge in [0.05, 0.1) is 6.61 Å². The first-order valence-electron chi connectivity index (χ1n) is 8.83. The average Bonchev–Trinajstić information content (AvgIpc) is 3.15. The van der Waals surface area contributed by atoms with E-state index in [1.165, 1.54) is 18.9 Å². The number of hydrogen-bond acceptors (Lipinski definition) is 4. The molecule has 0 radical (unpaired) electrons. The first-order valence-corrected chi connectivity index (χ1v) is 9.21. The third-order valence-corrected chi connectivity index (χ3v) is 4.84. The van der Waals surface area contributed by atoms with E-state index >= 15 is 0 Å². The molecule has 2 aromatic rings. The van der Waals surface area contributed by atoms with Gasteiger partial charge < -0.3 is 20.5 Å². The summed E-state index contributed by atoms with van der Waals surface area (Å²) >= 11 is 6.04. The molecule has 0 aliphatic carbocycles. The number of ether oxygens (including phenoxy) is 1. The van der Waals surface area contributed by atoms with Gasteiger partial charge in [-0.3, -0.25) is 4.79 Å². The third-order valence-electron chi connectivity index (χ3n) is 4.49. The van der Waals surface area contributed by atoms with Gasteiger partial charge in [0, 0.05) is 23.2 Å². The van der Waals surface area contributed by atoms with Gasteiger partial charge >= 0.3 is 0 Å². The van der Waals surface area contributed by atoms with Crippen molar-refractivity contribution in [2.45, 2.75) is 31.8 Å². The van der Waals surface area contributed by atoms with Crippen molar-refractivity contribution < 1.29 is 14.6 Å². The van der Waals surface area contributed by atoms with E-state index in [0.717, 1.165) is 24.3 Å². The Bertz CT molecular complexity index is 743. The molecule has 6 heteroatoms. The van der Waals surface area contributed by atoms with Gasteiger partial charge in [0.25, 0.3) is 5.91 Å². The molecule has 1 unspecified atom stereocenters. The topological polar surface area (TPSA) is 70.6 Å². The molecule has 0 bridgehead atoms. The van der Waals surface area contributed by atoms with Crippen LogP contribution in [0.25, 0.3) is 0 Å². The first kappa shape index (κ1) is 18.5. The minimum atomic E-state index is -0.184.